The Kier molecular flexibility index (Phi) is 3.70. The first-order chi connectivity index (χ1) is 10.1. The number of nitrogens with one attached hydrogen (secondary N) is 1. The molecule has 1 saturated heterocycles. The second-order valence-corrected chi connectivity index (χ2v) is 5.30. The van der Waals surface area contributed by atoms with Crippen LogP contribution in [-0.2, 0) is 0 Å². The molecular formula is C15H17FN4O. The van der Waals surface area contributed by atoms with Crippen molar-refractivity contribution in [1.82, 2.24) is 15.1 Å². The van der Waals surface area contributed by atoms with Crippen molar-refractivity contribution in [3.05, 3.63) is 41.8 Å². The minimum atomic E-state index is -0.309. The molecule has 0 spiro atoms. The van der Waals surface area contributed by atoms with E-state index >= 15 is 0 Å². The number of rotatable bonds is 2. The molecule has 2 heterocycles. The van der Waals surface area contributed by atoms with E-state index in [4.69, 9.17) is 5.73 Å². The van der Waals surface area contributed by atoms with E-state index in [1.807, 2.05) is 0 Å². The van der Waals surface area contributed by atoms with Gasteiger partial charge in [0.25, 0.3) is 5.91 Å². The van der Waals surface area contributed by atoms with Gasteiger partial charge in [-0.2, -0.15) is 5.10 Å². The lowest BCUT2D eigenvalue weighted by Crippen LogP contribution is -2.42. The molecule has 0 bridgehead atoms. The van der Waals surface area contributed by atoms with Crippen molar-refractivity contribution in [2.45, 2.75) is 18.9 Å². The van der Waals surface area contributed by atoms with Gasteiger partial charge in [-0.3, -0.25) is 9.89 Å². The molecule has 0 radical (unpaired) electrons. The molecule has 6 heteroatoms. The lowest BCUT2D eigenvalue weighted by atomic mass is 10.0. The van der Waals surface area contributed by atoms with Crippen LogP contribution in [0.3, 0.4) is 0 Å². The van der Waals surface area contributed by atoms with Crippen LogP contribution in [0.2, 0.25) is 0 Å². The minimum Gasteiger partial charge on any atom is -0.338 e. The molecule has 3 rings (SSSR count). The maximum Gasteiger partial charge on any atom is 0.257 e. The summed E-state index contributed by atoms with van der Waals surface area (Å²) in [7, 11) is 0. The molecule has 1 aliphatic heterocycles. The number of hydrogen-bond donors (Lipinski definition) is 2. The van der Waals surface area contributed by atoms with Gasteiger partial charge in [-0.25, -0.2) is 4.39 Å². The van der Waals surface area contributed by atoms with Crippen molar-refractivity contribution in [3.63, 3.8) is 0 Å². The summed E-state index contributed by atoms with van der Waals surface area (Å²) >= 11 is 0. The van der Waals surface area contributed by atoms with Crippen molar-refractivity contribution in [3.8, 4) is 11.3 Å². The highest BCUT2D eigenvalue weighted by molar-refractivity contribution is 5.99. The highest BCUT2D eigenvalue weighted by Crippen LogP contribution is 2.23. The van der Waals surface area contributed by atoms with Crippen LogP contribution in [0.15, 0.2) is 30.5 Å². The Morgan fingerprint density at radius 1 is 1.29 bits per heavy atom. The number of carbonyl (C=O) groups excluding carboxylic acids is 1. The molecule has 2 aromatic rings. The number of nitrogens with two attached hydrogens (primary N) is 1. The van der Waals surface area contributed by atoms with Crippen LogP contribution in [0.4, 0.5) is 4.39 Å². The summed E-state index contributed by atoms with van der Waals surface area (Å²) in [5.41, 5.74) is 7.73. The normalized spacial score (nSPS) is 16.2. The van der Waals surface area contributed by atoms with Gasteiger partial charge < -0.3 is 10.6 Å². The second-order valence-electron chi connectivity index (χ2n) is 5.30. The number of H-pyrrole nitrogens is 1. The SMILES string of the molecule is NC1CCN(C(=O)c2cn[nH]c2-c2ccc(F)cc2)CC1. The Labute approximate surface area is 121 Å². The number of halogens is 1. The number of piperidine rings is 1. The van der Waals surface area contributed by atoms with Crippen molar-refractivity contribution in [2.75, 3.05) is 13.1 Å². The van der Waals surface area contributed by atoms with E-state index in [2.05, 4.69) is 10.2 Å². The van der Waals surface area contributed by atoms with Crippen LogP contribution in [-0.4, -0.2) is 40.1 Å². The molecule has 0 atom stereocenters. The largest absolute Gasteiger partial charge is 0.338 e. The molecule has 110 valence electrons. The topological polar surface area (TPSA) is 75.0 Å². The Morgan fingerprint density at radius 2 is 1.95 bits per heavy atom. The number of aromatic amines is 1. The first kappa shape index (κ1) is 13.8. The molecule has 1 fully saturated rings. The zero-order valence-electron chi connectivity index (χ0n) is 11.6. The van der Waals surface area contributed by atoms with Gasteiger partial charge in [0.1, 0.15) is 5.82 Å². The van der Waals surface area contributed by atoms with E-state index in [-0.39, 0.29) is 17.8 Å². The van der Waals surface area contributed by atoms with Crippen LogP contribution in [0.1, 0.15) is 23.2 Å². The van der Waals surface area contributed by atoms with Gasteiger partial charge in [0, 0.05) is 24.7 Å². The molecule has 1 aromatic carbocycles. The highest BCUT2D eigenvalue weighted by Gasteiger charge is 2.24. The van der Waals surface area contributed by atoms with Crippen LogP contribution in [0, 0.1) is 5.82 Å². The van der Waals surface area contributed by atoms with Gasteiger partial charge in [0.2, 0.25) is 0 Å². The average Bonchev–Trinajstić information content (AvgIpc) is 2.97. The highest BCUT2D eigenvalue weighted by atomic mass is 19.1. The standard InChI is InChI=1S/C15H17FN4O/c16-11-3-1-10(2-4-11)14-13(9-18-19-14)15(21)20-7-5-12(17)6-8-20/h1-4,9,12H,5-8,17H2,(H,18,19). The number of aromatic nitrogens is 2. The fourth-order valence-corrected chi connectivity index (χ4v) is 2.56. The van der Waals surface area contributed by atoms with E-state index in [9.17, 15) is 9.18 Å². The zero-order chi connectivity index (χ0) is 14.8. The fourth-order valence-electron chi connectivity index (χ4n) is 2.56. The summed E-state index contributed by atoms with van der Waals surface area (Å²) in [4.78, 5) is 14.4. The quantitative estimate of drug-likeness (QED) is 0.884. The van der Waals surface area contributed by atoms with E-state index in [1.54, 1.807) is 17.0 Å². The fraction of sp³-hybridized carbons (Fsp3) is 0.333. The molecule has 0 unspecified atom stereocenters. The third-order valence-electron chi connectivity index (χ3n) is 3.83. The van der Waals surface area contributed by atoms with Gasteiger partial charge in [-0.1, -0.05) is 0 Å². The van der Waals surface area contributed by atoms with Gasteiger partial charge >= 0.3 is 0 Å². The molecule has 1 aliphatic rings. The smallest absolute Gasteiger partial charge is 0.257 e. The van der Waals surface area contributed by atoms with E-state index in [0.717, 1.165) is 18.4 Å². The van der Waals surface area contributed by atoms with Crippen molar-refractivity contribution in [2.24, 2.45) is 5.73 Å². The predicted molar refractivity (Wildman–Crippen MR) is 77.1 cm³/mol. The van der Waals surface area contributed by atoms with Crippen molar-refractivity contribution < 1.29 is 9.18 Å². The molecule has 5 nitrogen and oxygen atoms in total. The molecule has 1 amide bonds. The maximum atomic E-state index is 13.0. The predicted octanol–water partition coefficient (Wildman–Crippen LogP) is 1.78. The Balaban J connectivity index is 1.85. The molecule has 3 N–H and O–H groups in total. The maximum absolute atomic E-state index is 13.0. The van der Waals surface area contributed by atoms with Crippen LogP contribution in [0.5, 0.6) is 0 Å². The molecule has 21 heavy (non-hydrogen) atoms. The Bertz CT molecular complexity index is 629. The second kappa shape index (κ2) is 5.65. The summed E-state index contributed by atoms with van der Waals surface area (Å²) in [6.45, 7) is 1.32. The zero-order valence-corrected chi connectivity index (χ0v) is 11.6. The van der Waals surface area contributed by atoms with Gasteiger partial charge in [-0.05, 0) is 37.1 Å². The summed E-state index contributed by atoms with van der Waals surface area (Å²) in [6.07, 6.45) is 3.15. The summed E-state index contributed by atoms with van der Waals surface area (Å²) < 4.78 is 13.0. The molecule has 0 saturated carbocycles. The van der Waals surface area contributed by atoms with E-state index < -0.39 is 0 Å². The van der Waals surface area contributed by atoms with E-state index in [1.165, 1.54) is 18.3 Å². The van der Waals surface area contributed by atoms with Gasteiger partial charge in [-0.15, -0.1) is 0 Å². The number of benzene rings is 1. The summed E-state index contributed by atoms with van der Waals surface area (Å²) in [5.74, 6) is -0.369. The number of hydrogen-bond acceptors (Lipinski definition) is 3. The molecule has 0 aliphatic carbocycles. The van der Waals surface area contributed by atoms with Crippen LogP contribution < -0.4 is 5.73 Å². The van der Waals surface area contributed by atoms with Crippen LogP contribution >= 0.6 is 0 Å². The molecule has 1 aromatic heterocycles. The summed E-state index contributed by atoms with van der Waals surface area (Å²) in [5, 5.41) is 6.79. The first-order valence-corrected chi connectivity index (χ1v) is 6.99. The Morgan fingerprint density at radius 3 is 2.62 bits per heavy atom. The lowest BCUT2D eigenvalue weighted by Gasteiger charge is -2.30. The van der Waals surface area contributed by atoms with Gasteiger partial charge in [0.05, 0.1) is 17.5 Å². The minimum absolute atomic E-state index is 0.0602. The van der Waals surface area contributed by atoms with E-state index in [0.29, 0.717) is 24.3 Å². The average molecular weight is 288 g/mol. The number of carbonyl (C=O) groups is 1. The lowest BCUT2D eigenvalue weighted by molar-refractivity contribution is 0.0715. The third kappa shape index (κ3) is 2.80. The third-order valence-corrected chi connectivity index (χ3v) is 3.83. The van der Waals surface area contributed by atoms with Gasteiger partial charge in [0.15, 0.2) is 0 Å². The molecular weight excluding hydrogens is 271 g/mol. The number of nitrogens with zero attached hydrogens (tertiary/aromatic N) is 2. The van der Waals surface area contributed by atoms with Crippen molar-refractivity contribution in [1.29, 1.82) is 0 Å². The van der Waals surface area contributed by atoms with Crippen LogP contribution in [0.25, 0.3) is 11.3 Å². The monoisotopic (exact) mass is 288 g/mol. The first-order valence-electron chi connectivity index (χ1n) is 6.99. The summed E-state index contributed by atoms with van der Waals surface area (Å²) in [6, 6.07) is 6.17. The number of amides is 1. The number of likely N-dealkylation sites (tertiary alicyclic amines) is 1. The van der Waals surface area contributed by atoms with Crippen molar-refractivity contribution >= 4 is 5.91 Å². The Hall–Kier alpha value is -2.21.